The van der Waals surface area contributed by atoms with Gasteiger partial charge in [0.25, 0.3) is 11.6 Å². The topological polar surface area (TPSA) is 74.7 Å². The van der Waals surface area contributed by atoms with Crippen molar-refractivity contribution in [1.29, 1.82) is 0 Å². The molecule has 8 nitrogen and oxygen atoms in total. The summed E-state index contributed by atoms with van der Waals surface area (Å²) in [4.78, 5) is 35.1. The second-order valence-corrected chi connectivity index (χ2v) is 10.8. The number of benzene rings is 1. The first-order valence-corrected chi connectivity index (χ1v) is 12.3. The number of carbonyl (C=O) groups is 2. The van der Waals surface area contributed by atoms with Gasteiger partial charge in [0.2, 0.25) is 5.69 Å². The molecule has 3 aromatic heterocycles. The number of imidazole rings is 1. The SMILES string of the molecule is CC(C)(C)c1cc(-c2ccc(F)cc2)nn2cc3[n+](c12)C1(C)C(=O)N(c2cscn2)CCN1C3=O. The molecule has 4 aromatic rings. The third-order valence-electron chi connectivity index (χ3n) is 6.92. The fraction of sp³-hybridized carbons (Fsp3) is 0.320. The number of rotatable bonds is 2. The third kappa shape index (κ3) is 2.99. The smallest absolute Gasteiger partial charge is 0.289 e. The summed E-state index contributed by atoms with van der Waals surface area (Å²) in [5.41, 5.74) is 3.56. The lowest BCUT2D eigenvalue weighted by molar-refractivity contribution is -0.731. The van der Waals surface area contributed by atoms with Crippen molar-refractivity contribution in [1.82, 2.24) is 19.5 Å². The minimum atomic E-state index is -1.25. The first kappa shape index (κ1) is 21.8. The number of carbonyl (C=O) groups excluding carboxylic acids is 2. The summed E-state index contributed by atoms with van der Waals surface area (Å²) >= 11 is 1.43. The van der Waals surface area contributed by atoms with Crippen molar-refractivity contribution in [2.75, 3.05) is 18.0 Å². The van der Waals surface area contributed by atoms with Gasteiger partial charge in [0, 0.05) is 31.0 Å². The normalized spacial score (nSPS) is 20.0. The van der Waals surface area contributed by atoms with Crippen molar-refractivity contribution in [3.63, 3.8) is 0 Å². The van der Waals surface area contributed by atoms with Gasteiger partial charge >= 0.3 is 11.6 Å². The molecule has 1 atom stereocenters. The van der Waals surface area contributed by atoms with E-state index in [9.17, 15) is 14.0 Å². The van der Waals surface area contributed by atoms with E-state index in [1.165, 1.54) is 23.5 Å². The molecule has 1 aromatic carbocycles. The Kier molecular flexibility index (Phi) is 4.48. The number of piperazine rings is 1. The quantitative estimate of drug-likeness (QED) is 0.403. The maximum atomic E-state index is 14.0. The number of hydrogen-bond donors (Lipinski definition) is 0. The van der Waals surface area contributed by atoms with Crippen LogP contribution in [0.15, 0.2) is 47.4 Å². The summed E-state index contributed by atoms with van der Waals surface area (Å²) in [6, 6.07) is 8.14. The summed E-state index contributed by atoms with van der Waals surface area (Å²) in [5, 5.41) is 6.62. The second-order valence-electron chi connectivity index (χ2n) is 10.1. The molecular weight excluding hydrogens is 467 g/mol. The molecule has 0 radical (unpaired) electrons. The van der Waals surface area contributed by atoms with E-state index in [1.54, 1.807) is 45.1 Å². The Bertz CT molecular complexity index is 1510. The number of aromatic nitrogens is 4. The first-order valence-electron chi connectivity index (χ1n) is 11.4. The van der Waals surface area contributed by atoms with Crippen molar-refractivity contribution in [3.05, 3.63) is 64.5 Å². The van der Waals surface area contributed by atoms with Gasteiger partial charge in [0.15, 0.2) is 6.20 Å². The van der Waals surface area contributed by atoms with E-state index < -0.39 is 5.66 Å². The molecule has 0 spiro atoms. The molecule has 2 amide bonds. The zero-order chi connectivity index (χ0) is 24.7. The molecule has 0 N–H and O–H groups in total. The molecule has 2 aliphatic heterocycles. The average molecular weight is 492 g/mol. The lowest BCUT2D eigenvalue weighted by atomic mass is 9.87. The minimum absolute atomic E-state index is 0.201. The van der Waals surface area contributed by atoms with Crippen LogP contribution < -0.4 is 9.47 Å². The van der Waals surface area contributed by atoms with Gasteiger partial charge in [-0.05, 0) is 35.7 Å². The highest BCUT2D eigenvalue weighted by molar-refractivity contribution is 7.07. The van der Waals surface area contributed by atoms with Crippen LogP contribution in [0.4, 0.5) is 10.2 Å². The highest BCUT2D eigenvalue weighted by Gasteiger charge is 2.62. The molecule has 0 saturated carbocycles. The number of halogens is 1. The lowest BCUT2D eigenvalue weighted by Gasteiger charge is -2.40. The number of amides is 2. The highest BCUT2D eigenvalue weighted by atomic mass is 32.1. The number of thiazole rings is 1. The van der Waals surface area contributed by atoms with Gasteiger partial charge < -0.3 is 0 Å². The Morgan fingerprint density at radius 2 is 1.89 bits per heavy atom. The highest BCUT2D eigenvalue weighted by Crippen LogP contribution is 2.37. The second kappa shape index (κ2) is 7.17. The van der Waals surface area contributed by atoms with Gasteiger partial charge in [-0.25, -0.2) is 9.37 Å². The lowest BCUT2D eigenvalue weighted by Crippen LogP contribution is -2.72. The molecule has 5 heterocycles. The molecule has 2 aliphatic rings. The van der Waals surface area contributed by atoms with E-state index in [4.69, 9.17) is 5.10 Å². The molecule has 0 bridgehead atoms. The molecule has 1 fully saturated rings. The van der Waals surface area contributed by atoms with Crippen LogP contribution in [0, 0.1) is 5.82 Å². The van der Waals surface area contributed by atoms with Crippen LogP contribution in [-0.2, 0) is 15.9 Å². The van der Waals surface area contributed by atoms with Gasteiger partial charge in [-0.2, -0.15) is 4.57 Å². The molecular formula is C25H24FN6O2S+. The predicted molar refractivity (Wildman–Crippen MR) is 129 cm³/mol. The van der Waals surface area contributed by atoms with E-state index in [0.717, 1.165) is 11.1 Å². The Morgan fingerprint density at radius 3 is 2.54 bits per heavy atom. The summed E-state index contributed by atoms with van der Waals surface area (Å²) < 4.78 is 17.1. The fourth-order valence-corrected chi connectivity index (χ4v) is 5.66. The maximum absolute atomic E-state index is 14.0. The Labute approximate surface area is 205 Å². The minimum Gasteiger partial charge on any atom is -0.289 e. The monoisotopic (exact) mass is 491 g/mol. The summed E-state index contributed by atoms with van der Waals surface area (Å²) in [5.74, 6) is -0.131. The van der Waals surface area contributed by atoms with Crippen molar-refractivity contribution in [2.24, 2.45) is 0 Å². The maximum Gasteiger partial charge on any atom is 0.314 e. The average Bonchev–Trinajstić information content (AvgIpc) is 3.51. The van der Waals surface area contributed by atoms with Gasteiger partial charge in [-0.15, -0.1) is 11.3 Å². The van der Waals surface area contributed by atoms with Crippen molar-refractivity contribution in [3.8, 4) is 11.3 Å². The molecule has 35 heavy (non-hydrogen) atoms. The zero-order valence-electron chi connectivity index (χ0n) is 19.8. The first-order chi connectivity index (χ1) is 16.6. The largest absolute Gasteiger partial charge is 0.314 e. The van der Waals surface area contributed by atoms with E-state index in [-0.39, 0.29) is 23.0 Å². The van der Waals surface area contributed by atoms with Crippen LogP contribution >= 0.6 is 11.3 Å². The van der Waals surface area contributed by atoms with Crippen LogP contribution in [0.25, 0.3) is 16.9 Å². The summed E-state index contributed by atoms with van der Waals surface area (Å²) in [6.07, 6.45) is 1.70. The van der Waals surface area contributed by atoms with E-state index >= 15 is 0 Å². The van der Waals surface area contributed by atoms with Crippen molar-refractivity contribution in [2.45, 2.75) is 38.8 Å². The molecule has 1 unspecified atom stereocenters. The number of anilines is 1. The van der Waals surface area contributed by atoms with Crippen LogP contribution in [0.2, 0.25) is 0 Å². The van der Waals surface area contributed by atoms with Crippen molar-refractivity contribution < 1.29 is 18.5 Å². The van der Waals surface area contributed by atoms with Gasteiger partial charge in [0.05, 0.1) is 11.1 Å². The molecule has 178 valence electrons. The molecule has 0 aliphatic carbocycles. The van der Waals surface area contributed by atoms with Crippen LogP contribution in [0.3, 0.4) is 0 Å². The Morgan fingerprint density at radius 1 is 1.14 bits per heavy atom. The molecule has 6 rings (SSSR count). The standard InChI is InChI=1S/C25H24FN6O2S/c1-24(2,3)17-11-18(15-5-7-16(26)8-6-15)28-31-12-19-22(33)30-10-9-29(20-13-35-14-27-20)23(34)25(30,4)32(19)21(17)31/h5-8,11-14H,9-10H2,1-4H3/q+1. The van der Waals surface area contributed by atoms with E-state index in [0.29, 0.717) is 35.9 Å². The number of nitrogens with zero attached hydrogens (tertiary/aromatic N) is 6. The van der Waals surface area contributed by atoms with Crippen LogP contribution in [-0.4, -0.2) is 44.4 Å². The van der Waals surface area contributed by atoms with E-state index in [1.807, 2.05) is 16.0 Å². The number of fused-ring (bicyclic) bond motifs is 5. The van der Waals surface area contributed by atoms with Crippen molar-refractivity contribution >= 4 is 34.6 Å². The van der Waals surface area contributed by atoms with Crippen LogP contribution in [0.5, 0.6) is 0 Å². The van der Waals surface area contributed by atoms with Gasteiger partial charge in [-0.3, -0.25) is 19.4 Å². The van der Waals surface area contributed by atoms with Gasteiger partial charge in [-0.1, -0.05) is 30.4 Å². The summed E-state index contributed by atoms with van der Waals surface area (Å²) in [7, 11) is 0. The van der Waals surface area contributed by atoms with E-state index in [2.05, 4.69) is 25.8 Å². The molecule has 1 saturated heterocycles. The van der Waals surface area contributed by atoms with Gasteiger partial charge in [0.1, 0.15) is 17.3 Å². The summed E-state index contributed by atoms with van der Waals surface area (Å²) in [6.45, 7) is 8.83. The molecule has 10 heteroatoms. The number of hydrogen-bond acceptors (Lipinski definition) is 5. The van der Waals surface area contributed by atoms with Crippen LogP contribution in [0.1, 0.15) is 43.7 Å². The Balaban J connectivity index is 1.61. The Hall–Kier alpha value is -3.66. The fourth-order valence-electron chi connectivity index (χ4n) is 5.13. The predicted octanol–water partition coefficient (Wildman–Crippen LogP) is 3.36. The third-order valence-corrected chi connectivity index (χ3v) is 7.49. The zero-order valence-corrected chi connectivity index (χ0v) is 20.6.